The summed E-state index contributed by atoms with van der Waals surface area (Å²) in [4.78, 5) is 0. The number of hydrogen-bond acceptors (Lipinski definition) is 1. The molecule has 0 saturated carbocycles. The van der Waals surface area contributed by atoms with Crippen LogP contribution in [0.25, 0.3) is 0 Å². The number of rotatable bonds is 2. The SMILES string of the molecule is CC(C)(C)NCC1Cc2ccccc2C1. The van der Waals surface area contributed by atoms with E-state index in [0.717, 1.165) is 12.5 Å². The van der Waals surface area contributed by atoms with Gasteiger partial charge < -0.3 is 5.32 Å². The van der Waals surface area contributed by atoms with Crippen LogP contribution in [0.1, 0.15) is 31.9 Å². The van der Waals surface area contributed by atoms with E-state index in [4.69, 9.17) is 0 Å². The third kappa shape index (κ3) is 2.82. The third-order valence-electron chi connectivity index (χ3n) is 3.06. The molecule has 0 aliphatic heterocycles. The summed E-state index contributed by atoms with van der Waals surface area (Å²) in [6, 6.07) is 8.84. The van der Waals surface area contributed by atoms with E-state index in [-0.39, 0.29) is 5.54 Å². The minimum absolute atomic E-state index is 0.245. The predicted octanol–water partition coefficient (Wildman–Crippen LogP) is 2.79. The van der Waals surface area contributed by atoms with Gasteiger partial charge in [-0.3, -0.25) is 0 Å². The van der Waals surface area contributed by atoms with Gasteiger partial charge in [0.15, 0.2) is 0 Å². The maximum atomic E-state index is 3.60. The average Bonchev–Trinajstić information content (AvgIpc) is 2.56. The Morgan fingerprint density at radius 1 is 1.13 bits per heavy atom. The van der Waals surface area contributed by atoms with Gasteiger partial charge in [-0.25, -0.2) is 0 Å². The Balaban J connectivity index is 1.91. The van der Waals surface area contributed by atoms with Crippen LogP contribution in [0.3, 0.4) is 0 Å². The number of hydrogen-bond donors (Lipinski definition) is 1. The first-order valence-corrected chi connectivity index (χ1v) is 5.86. The summed E-state index contributed by atoms with van der Waals surface area (Å²) in [5.74, 6) is 0.793. The fourth-order valence-electron chi connectivity index (χ4n) is 2.24. The van der Waals surface area contributed by atoms with E-state index < -0.39 is 0 Å². The van der Waals surface area contributed by atoms with Crippen LogP contribution in [0.2, 0.25) is 0 Å². The van der Waals surface area contributed by atoms with Crippen LogP contribution >= 0.6 is 0 Å². The lowest BCUT2D eigenvalue weighted by molar-refractivity contribution is 0.376. The number of fused-ring (bicyclic) bond motifs is 1. The van der Waals surface area contributed by atoms with Gasteiger partial charge >= 0.3 is 0 Å². The highest BCUT2D eigenvalue weighted by molar-refractivity contribution is 5.32. The van der Waals surface area contributed by atoms with Gasteiger partial charge in [0.2, 0.25) is 0 Å². The highest BCUT2D eigenvalue weighted by atomic mass is 14.9. The minimum Gasteiger partial charge on any atom is -0.312 e. The van der Waals surface area contributed by atoms with Gasteiger partial charge in [-0.05, 0) is 57.2 Å². The molecule has 0 spiro atoms. The second kappa shape index (κ2) is 3.97. The monoisotopic (exact) mass is 203 g/mol. The van der Waals surface area contributed by atoms with E-state index in [9.17, 15) is 0 Å². The molecule has 1 aliphatic rings. The fourth-order valence-corrected chi connectivity index (χ4v) is 2.24. The first-order valence-electron chi connectivity index (χ1n) is 5.86. The van der Waals surface area contributed by atoms with Crippen LogP contribution < -0.4 is 5.32 Å². The Morgan fingerprint density at radius 2 is 1.67 bits per heavy atom. The molecule has 82 valence electrons. The van der Waals surface area contributed by atoms with Crippen molar-refractivity contribution in [2.75, 3.05) is 6.54 Å². The molecule has 0 aromatic heterocycles. The molecule has 0 unspecified atom stereocenters. The summed E-state index contributed by atoms with van der Waals surface area (Å²) in [6.07, 6.45) is 2.50. The molecule has 0 atom stereocenters. The summed E-state index contributed by atoms with van der Waals surface area (Å²) >= 11 is 0. The topological polar surface area (TPSA) is 12.0 Å². The van der Waals surface area contributed by atoms with Crippen molar-refractivity contribution < 1.29 is 0 Å². The fraction of sp³-hybridized carbons (Fsp3) is 0.571. The average molecular weight is 203 g/mol. The van der Waals surface area contributed by atoms with Gasteiger partial charge in [-0.1, -0.05) is 24.3 Å². The zero-order chi connectivity index (χ0) is 10.9. The first kappa shape index (κ1) is 10.7. The summed E-state index contributed by atoms with van der Waals surface area (Å²) in [7, 11) is 0. The van der Waals surface area contributed by atoms with Crippen LogP contribution in [-0.4, -0.2) is 12.1 Å². The van der Waals surface area contributed by atoms with Gasteiger partial charge in [-0.2, -0.15) is 0 Å². The molecule has 0 bridgehead atoms. The van der Waals surface area contributed by atoms with Gasteiger partial charge in [0, 0.05) is 5.54 Å². The molecule has 1 N–H and O–H groups in total. The molecule has 0 amide bonds. The third-order valence-corrected chi connectivity index (χ3v) is 3.06. The highest BCUT2D eigenvalue weighted by Crippen LogP contribution is 2.26. The Morgan fingerprint density at radius 3 is 2.13 bits per heavy atom. The molecule has 0 fully saturated rings. The number of nitrogens with one attached hydrogen (secondary N) is 1. The molecule has 0 radical (unpaired) electrons. The van der Waals surface area contributed by atoms with Crippen molar-refractivity contribution in [3.05, 3.63) is 35.4 Å². The van der Waals surface area contributed by atoms with Crippen molar-refractivity contribution in [1.82, 2.24) is 5.32 Å². The zero-order valence-electron chi connectivity index (χ0n) is 10.0. The van der Waals surface area contributed by atoms with E-state index in [2.05, 4.69) is 50.4 Å². The lowest BCUT2D eigenvalue weighted by Crippen LogP contribution is -2.39. The second-order valence-corrected chi connectivity index (χ2v) is 5.67. The maximum absolute atomic E-state index is 3.60. The molecule has 1 nitrogen and oxygen atoms in total. The van der Waals surface area contributed by atoms with E-state index >= 15 is 0 Å². The lowest BCUT2D eigenvalue weighted by Gasteiger charge is -2.23. The molecule has 1 aromatic rings. The molecule has 2 rings (SSSR count). The molecular weight excluding hydrogens is 182 g/mol. The summed E-state index contributed by atoms with van der Waals surface area (Å²) in [6.45, 7) is 7.83. The van der Waals surface area contributed by atoms with Gasteiger partial charge in [0.25, 0.3) is 0 Å². The number of benzene rings is 1. The molecular formula is C14H21N. The Bertz CT molecular complexity index is 310. The van der Waals surface area contributed by atoms with Gasteiger partial charge in [0.1, 0.15) is 0 Å². The van der Waals surface area contributed by atoms with Crippen LogP contribution in [-0.2, 0) is 12.8 Å². The highest BCUT2D eigenvalue weighted by Gasteiger charge is 2.22. The zero-order valence-corrected chi connectivity index (χ0v) is 10.0. The molecule has 15 heavy (non-hydrogen) atoms. The maximum Gasteiger partial charge on any atom is 0.00966 e. The Kier molecular flexibility index (Phi) is 2.83. The molecule has 1 aliphatic carbocycles. The van der Waals surface area contributed by atoms with Gasteiger partial charge in [0.05, 0.1) is 0 Å². The standard InChI is InChI=1S/C14H21N/c1-14(2,3)15-10-11-8-12-6-4-5-7-13(12)9-11/h4-7,11,15H,8-10H2,1-3H3. The smallest absolute Gasteiger partial charge is 0.00966 e. The summed E-state index contributed by atoms with van der Waals surface area (Å²) in [5.41, 5.74) is 3.35. The van der Waals surface area contributed by atoms with Crippen LogP contribution in [0.4, 0.5) is 0 Å². The second-order valence-electron chi connectivity index (χ2n) is 5.67. The van der Waals surface area contributed by atoms with Gasteiger partial charge in [-0.15, -0.1) is 0 Å². The molecule has 1 aromatic carbocycles. The van der Waals surface area contributed by atoms with Crippen LogP contribution in [0, 0.1) is 5.92 Å². The van der Waals surface area contributed by atoms with Crippen molar-refractivity contribution >= 4 is 0 Å². The van der Waals surface area contributed by atoms with E-state index in [1.807, 2.05) is 0 Å². The van der Waals surface area contributed by atoms with Crippen molar-refractivity contribution in [2.45, 2.75) is 39.2 Å². The van der Waals surface area contributed by atoms with Crippen molar-refractivity contribution in [3.63, 3.8) is 0 Å². The predicted molar refractivity (Wildman–Crippen MR) is 65.1 cm³/mol. The Labute approximate surface area is 92.9 Å². The Hall–Kier alpha value is -0.820. The van der Waals surface area contributed by atoms with Crippen molar-refractivity contribution in [2.24, 2.45) is 5.92 Å². The summed E-state index contributed by atoms with van der Waals surface area (Å²) in [5, 5.41) is 3.60. The van der Waals surface area contributed by atoms with E-state index in [1.54, 1.807) is 11.1 Å². The van der Waals surface area contributed by atoms with Crippen LogP contribution in [0.5, 0.6) is 0 Å². The van der Waals surface area contributed by atoms with Crippen LogP contribution in [0.15, 0.2) is 24.3 Å². The summed E-state index contributed by atoms with van der Waals surface area (Å²) < 4.78 is 0. The largest absolute Gasteiger partial charge is 0.312 e. The first-order chi connectivity index (χ1) is 7.04. The lowest BCUT2D eigenvalue weighted by atomic mass is 10.0. The van der Waals surface area contributed by atoms with Crippen molar-refractivity contribution in [1.29, 1.82) is 0 Å². The van der Waals surface area contributed by atoms with Crippen molar-refractivity contribution in [3.8, 4) is 0 Å². The quantitative estimate of drug-likeness (QED) is 0.779. The minimum atomic E-state index is 0.245. The van der Waals surface area contributed by atoms with E-state index in [0.29, 0.717) is 0 Å². The molecule has 0 heterocycles. The molecule has 0 saturated heterocycles. The normalized spacial score (nSPS) is 16.7. The molecule has 1 heteroatoms. The van der Waals surface area contributed by atoms with E-state index in [1.165, 1.54) is 12.8 Å².